The van der Waals surface area contributed by atoms with E-state index >= 15 is 0 Å². The molecule has 4 rings (SSSR count). The summed E-state index contributed by atoms with van der Waals surface area (Å²) in [7, 11) is 1.65. The van der Waals surface area contributed by atoms with Crippen molar-refractivity contribution in [2.24, 2.45) is 0 Å². The van der Waals surface area contributed by atoms with E-state index in [4.69, 9.17) is 9.15 Å². The van der Waals surface area contributed by atoms with Crippen LogP contribution in [0.1, 0.15) is 5.56 Å². The van der Waals surface area contributed by atoms with Crippen molar-refractivity contribution in [3.8, 4) is 5.75 Å². The first-order chi connectivity index (χ1) is 10.7. The van der Waals surface area contributed by atoms with E-state index in [1.165, 1.54) is 11.3 Å². The van der Waals surface area contributed by atoms with Crippen molar-refractivity contribution in [2.45, 2.75) is 6.92 Å². The minimum absolute atomic E-state index is 0.451. The van der Waals surface area contributed by atoms with Crippen LogP contribution in [-0.2, 0) is 0 Å². The SMILES string of the molecule is COc1ccc2nc(Nc3nc4ccc(C)cc4o3)sc2c1. The largest absolute Gasteiger partial charge is 0.497 e. The Morgan fingerprint density at radius 1 is 1.09 bits per heavy atom. The van der Waals surface area contributed by atoms with Crippen molar-refractivity contribution >= 4 is 43.8 Å². The number of nitrogens with zero attached hydrogens (tertiary/aromatic N) is 2. The van der Waals surface area contributed by atoms with E-state index in [0.29, 0.717) is 6.01 Å². The molecule has 0 saturated carbocycles. The Morgan fingerprint density at radius 3 is 2.82 bits per heavy atom. The Morgan fingerprint density at radius 2 is 1.95 bits per heavy atom. The summed E-state index contributed by atoms with van der Waals surface area (Å²) >= 11 is 1.53. The van der Waals surface area contributed by atoms with Crippen LogP contribution in [0.3, 0.4) is 0 Å². The van der Waals surface area contributed by atoms with Crippen molar-refractivity contribution < 1.29 is 9.15 Å². The zero-order valence-electron chi connectivity index (χ0n) is 12.1. The number of ether oxygens (including phenoxy) is 1. The highest BCUT2D eigenvalue weighted by Crippen LogP contribution is 2.31. The number of oxazole rings is 1. The number of nitrogens with one attached hydrogen (secondary N) is 1. The van der Waals surface area contributed by atoms with E-state index in [1.54, 1.807) is 7.11 Å². The third-order valence-corrected chi connectivity index (χ3v) is 4.29. The lowest BCUT2D eigenvalue weighted by atomic mass is 10.2. The lowest BCUT2D eigenvalue weighted by molar-refractivity contribution is 0.415. The maximum absolute atomic E-state index is 5.71. The molecule has 5 nitrogen and oxygen atoms in total. The number of hydrogen-bond acceptors (Lipinski definition) is 6. The fraction of sp³-hybridized carbons (Fsp3) is 0.125. The molecule has 0 saturated heterocycles. The zero-order valence-corrected chi connectivity index (χ0v) is 12.9. The van der Waals surface area contributed by atoms with Crippen molar-refractivity contribution in [3.63, 3.8) is 0 Å². The summed E-state index contributed by atoms with van der Waals surface area (Å²) in [4.78, 5) is 8.94. The van der Waals surface area contributed by atoms with Crippen LogP contribution in [0.4, 0.5) is 11.1 Å². The molecule has 0 aliphatic carbocycles. The molecule has 22 heavy (non-hydrogen) atoms. The molecule has 0 amide bonds. The Kier molecular flexibility index (Phi) is 2.97. The van der Waals surface area contributed by atoms with Crippen molar-refractivity contribution in [3.05, 3.63) is 42.0 Å². The van der Waals surface area contributed by atoms with E-state index < -0.39 is 0 Å². The molecule has 0 aliphatic rings. The number of aryl methyl sites for hydroxylation is 1. The number of methoxy groups -OCH3 is 1. The molecule has 0 unspecified atom stereocenters. The Bertz CT molecular complexity index is 974. The average Bonchev–Trinajstić information content (AvgIpc) is 3.08. The van der Waals surface area contributed by atoms with E-state index in [2.05, 4.69) is 15.3 Å². The summed E-state index contributed by atoms with van der Waals surface area (Å²) in [5.74, 6) is 0.819. The van der Waals surface area contributed by atoms with Crippen LogP contribution >= 0.6 is 11.3 Å². The second kappa shape index (κ2) is 4.99. The summed E-state index contributed by atoms with van der Waals surface area (Å²) in [5.41, 5.74) is 3.66. The van der Waals surface area contributed by atoms with Gasteiger partial charge in [-0.2, -0.15) is 4.98 Å². The highest BCUT2D eigenvalue weighted by atomic mass is 32.1. The molecular formula is C16H13N3O2S. The molecule has 0 radical (unpaired) electrons. The predicted octanol–water partition coefficient (Wildman–Crippen LogP) is 4.50. The van der Waals surface area contributed by atoms with E-state index in [-0.39, 0.29) is 0 Å². The number of rotatable bonds is 3. The first kappa shape index (κ1) is 13.1. The smallest absolute Gasteiger partial charge is 0.302 e. The zero-order chi connectivity index (χ0) is 15.1. The second-order valence-corrected chi connectivity index (χ2v) is 6.00. The minimum atomic E-state index is 0.451. The van der Waals surface area contributed by atoms with Gasteiger partial charge in [0.1, 0.15) is 11.3 Å². The predicted molar refractivity (Wildman–Crippen MR) is 88.2 cm³/mol. The van der Waals surface area contributed by atoms with E-state index in [0.717, 1.165) is 37.8 Å². The normalized spacial score (nSPS) is 11.2. The molecule has 4 aromatic rings. The van der Waals surface area contributed by atoms with Gasteiger partial charge in [-0.25, -0.2) is 4.98 Å². The summed E-state index contributed by atoms with van der Waals surface area (Å²) in [5, 5.41) is 3.87. The van der Waals surface area contributed by atoms with Gasteiger partial charge in [0.2, 0.25) is 0 Å². The molecule has 2 heterocycles. The van der Waals surface area contributed by atoms with E-state index in [1.807, 2.05) is 43.3 Å². The van der Waals surface area contributed by atoms with Crippen LogP contribution in [-0.4, -0.2) is 17.1 Å². The summed E-state index contributed by atoms with van der Waals surface area (Å²) < 4.78 is 12.0. The van der Waals surface area contributed by atoms with Crippen LogP contribution in [0.15, 0.2) is 40.8 Å². The van der Waals surface area contributed by atoms with Crippen LogP contribution in [0.5, 0.6) is 5.75 Å². The monoisotopic (exact) mass is 311 g/mol. The molecule has 6 heteroatoms. The van der Waals surface area contributed by atoms with Gasteiger partial charge in [-0.15, -0.1) is 0 Å². The molecule has 0 spiro atoms. The van der Waals surface area contributed by atoms with Gasteiger partial charge in [-0.3, -0.25) is 5.32 Å². The summed E-state index contributed by atoms with van der Waals surface area (Å²) in [6.07, 6.45) is 0. The molecule has 0 atom stereocenters. The Hall–Kier alpha value is -2.60. The molecule has 2 aromatic carbocycles. The van der Waals surface area contributed by atoms with Gasteiger partial charge in [0.15, 0.2) is 10.7 Å². The fourth-order valence-electron chi connectivity index (χ4n) is 2.26. The number of aromatic nitrogens is 2. The summed E-state index contributed by atoms with van der Waals surface area (Å²) in [6, 6.07) is 12.2. The second-order valence-electron chi connectivity index (χ2n) is 4.97. The number of benzene rings is 2. The fourth-order valence-corrected chi connectivity index (χ4v) is 3.15. The van der Waals surface area contributed by atoms with E-state index in [9.17, 15) is 0 Å². The molecular weight excluding hydrogens is 298 g/mol. The third kappa shape index (κ3) is 2.27. The van der Waals surface area contributed by atoms with Gasteiger partial charge in [0, 0.05) is 0 Å². The van der Waals surface area contributed by atoms with Crippen molar-refractivity contribution in [2.75, 3.05) is 12.4 Å². The van der Waals surface area contributed by atoms with Crippen LogP contribution < -0.4 is 10.1 Å². The standard InChI is InChI=1S/C16H13N3O2S/c1-9-3-5-11-13(7-9)21-15(17-11)19-16-18-12-6-4-10(20-2)8-14(12)22-16/h3-8H,1-2H3,(H,17,18,19). The average molecular weight is 311 g/mol. The number of thiazole rings is 1. The highest BCUT2D eigenvalue weighted by molar-refractivity contribution is 7.22. The van der Waals surface area contributed by atoms with Crippen LogP contribution in [0.2, 0.25) is 0 Å². The maximum atomic E-state index is 5.71. The summed E-state index contributed by atoms with van der Waals surface area (Å²) in [6.45, 7) is 2.02. The minimum Gasteiger partial charge on any atom is -0.497 e. The molecule has 0 aliphatic heterocycles. The molecule has 110 valence electrons. The lowest BCUT2D eigenvalue weighted by Gasteiger charge is -1.96. The lowest BCUT2D eigenvalue weighted by Crippen LogP contribution is -1.88. The number of anilines is 2. The van der Waals surface area contributed by atoms with Crippen molar-refractivity contribution in [1.29, 1.82) is 0 Å². The van der Waals surface area contributed by atoms with Crippen LogP contribution in [0, 0.1) is 6.92 Å². The highest BCUT2D eigenvalue weighted by Gasteiger charge is 2.10. The quantitative estimate of drug-likeness (QED) is 0.603. The van der Waals surface area contributed by atoms with Crippen molar-refractivity contribution in [1.82, 2.24) is 9.97 Å². The molecule has 1 N–H and O–H groups in total. The van der Waals surface area contributed by atoms with Gasteiger partial charge >= 0.3 is 6.01 Å². The molecule has 0 fully saturated rings. The van der Waals surface area contributed by atoms with Gasteiger partial charge < -0.3 is 9.15 Å². The van der Waals surface area contributed by atoms with Crippen LogP contribution in [0.25, 0.3) is 21.3 Å². The molecule has 0 bridgehead atoms. The number of fused-ring (bicyclic) bond motifs is 2. The Labute approximate surface area is 130 Å². The first-order valence-electron chi connectivity index (χ1n) is 6.80. The van der Waals surface area contributed by atoms with Gasteiger partial charge in [-0.1, -0.05) is 17.4 Å². The third-order valence-electron chi connectivity index (χ3n) is 3.35. The molecule has 2 aromatic heterocycles. The van der Waals surface area contributed by atoms with Gasteiger partial charge in [0.25, 0.3) is 0 Å². The maximum Gasteiger partial charge on any atom is 0.302 e. The first-order valence-corrected chi connectivity index (χ1v) is 7.62. The number of hydrogen-bond donors (Lipinski definition) is 1. The Balaban J connectivity index is 1.69. The topological polar surface area (TPSA) is 60.2 Å². The van der Waals surface area contributed by atoms with Gasteiger partial charge in [-0.05, 0) is 42.8 Å². The van der Waals surface area contributed by atoms with Gasteiger partial charge in [0.05, 0.1) is 17.3 Å².